The van der Waals surface area contributed by atoms with Crippen LogP contribution >= 0.6 is 0 Å². The summed E-state index contributed by atoms with van der Waals surface area (Å²) in [6.45, 7) is 0.581. The SMILES string of the molecule is N#Cc1ccc(OCC(=O)Nc2ccn(CCc3ccncc3)n2)cc1. The summed E-state index contributed by atoms with van der Waals surface area (Å²) < 4.78 is 7.16. The highest BCUT2D eigenvalue weighted by molar-refractivity contribution is 5.90. The van der Waals surface area contributed by atoms with Gasteiger partial charge < -0.3 is 10.1 Å². The number of hydrogen-bond donors (Lipinski definition) is 1. The van der Waals surface area contributed by atoms with Gasteiger partial charge in [0.2, 0.25) is 0 Å². The van der Waals surface area contributed by atoms with E-state index in [0.717, 1.165) is 6.42 Å². The first-order chi connectivity index (χ1) is 12.7. The van der Waals surface area contributed by atoms with Crippen LogP contribution in [0.5, 0.6) is 5.75 Å². The van der Waals surface area contributed by atoms with Gasteiger partial charge in [0, 0.05) is 31.2 Å². The number of hydrogen-bond acceptors (Lipinski definition) is 5. The maximum absolute atomic E-state index is 12.0. The minimum absolute atomic E-state index is 0.129. The summed E-state index contributed by atoms with van der Waals surface area (Å²) in [7, 11) is 0. The number of carbonyl (C=O) groups is 1. The van der Waals surface area contributed by atoms with Crippen molar-refractivity contribution in [1.29, 1.82) is 5.26 Å². The normalized spacial score (nSPS) is 10.1. The lowest BCUT2D eigenvalue weighted by Gasteiger charge is -2.06. The van der Waals surface area contributed by atoms with Crippen molar-refractivity contribution in [2.24, 2.45) is 0 Å². The summed E-state index contributed by atoms with van der Waals surface area (Å²) in [4.78, 5) is 15.9. The van der Waals surface area contributed by atoms with Crippen LogP contribution in [0.15, 0.2) is 61.1 Å². The number of rotatable bonds is 7. The van der Waals surface area contributed by atoms with Gasteiger partial charge in [-0.25, -0.2) is 0 Å². The molecule has 2 aromatic heterocycles. The third-order valence-electron chi connectivity index (χ3n) is 3.64. The number of ether oxygens (including phenoxy) is 1. The Balaban J connectivity index is 1.45. The van der Waals surface area contributed by atoms with E-state index < -0.39 is 0 Å². The van der Waals surface area contributed by atoms with Crippen LogP contribution in [0.3, 0.4) is 0 Å². The topological polar surface area (TPSA) is 92.8 Å². The van der Waals surface area contributed by atoms with E-state index in [1.807, 2.05) is 24.4 Å². The van der Waals surface area contributed by atoms with E-state index >= 15 is 0 Å². The number of benzene rings is 1. The van der Waals surface area contributed by atoms with Crippen molar-refractivity contribution in [3.63, 3.8) is 0 Å². The lowest BCUT2D eigenvalue weighted by Crippen LogP contribution is -2.20. The highest BCUT2D eigenvalue weighted by Crippen LogP contribution is 2.11. The van der Waals surface area contributed by atoms with Crippen molar-refractivity contribution in [3.8, 4) is 11.8 Å². The quantitative estimate of drug-likeness (QED) is 0.708. The Bertz CT molecular complexity index is 898. The second-order valence-corrected chi connectivity index (χ2v) is 5.54. The minimum atomic E-state index is -0.297. The molecule has 0 fully saturated rings. The zero-order chi connectivity index (χ0) is 18.2. The largest absolute Gasteiger partial charge is 0.484 e. The molecule has 0 radical (unpaired) electrons. The van der Waals surface area contributed by atoms with E-state index in [0.29, 0.717) is 23.7 Å². The van der Waals surface area contributed by atoms with Crippen molar-refractivity contribution in [3.05, 3.63) is 72.2 Å². The molecule has 0 aliphatic heterocycles. The molecule has 0 bridgehead atoms. The molecule has 0 saturated carbocycles. The van der Waals surface area contributed by atoms with Crippen LogP contribution in [0.4, 0.5) is 5.82 Å². The first kappa shape index (κ1) is 17.2. The molecule has 3 aromatic rings. The third kappa shape index (κ3) is 4.92. The molecule has 26 heavy (non-hydrogen) atoms. The van der Waals surface area contributed by atoms with Crippen LogP contribution in [0.25, 0.3) is 0 Å². The zero-order valence-electron chi connectivity index (χ0n) is 14.0. The van der Waals surface area contributed by atoms with Gasteiger partial charge in [-0.15, -0.1) is 0 Å². The molecule has 3 rings (SSSR count). The first-order valence-corrected chi connectivity index (χ1v) is 8.08. The molecular formula is C19H17N5O2. The van der Waals surface area contributed by atoms with Gasteiger partial charge in [0.15, 0.2) is 12.4 Å². The number of aromatic nitrogens is 3. The summed E-state index contributed by atoms with van der Waals surface area (Å²) in [6, 6.07) is 14.3. The molecule has 2 heterocycles. The van der Waals surface area contributed by atoms with Crippen LogP contribution in [-0.2, 0) is 17.8 Å². The molecule has 0 atom stereocenters. The van der Waals surface area contributed by atoms with Gasteiger partial charge in [0.25, 0.3) is 5.91 Å². The molecule has 0 saturated heterocycles. The van der Waals surface area contributed by atoms with E-state index in [-0.39, 0.29) is 12.5 Å². The number of anilines is 1. The molecule has 0 spiro atoms. The van der Waals surface area contributed by atoms with E-state index in [4.69, 9.17) is 10.00 Å². The average Bonchev–Trinajstić information content (AvgIpc) is 3.13. The van der Waals surface area contributed by atoms with Gasteiger partial charge in [0.05, 0.1) is 11.6 Å². The monoisotopic (exact) mass is 347 g/mol. The molecule has 1 aromatic carbocycles. The van der Waals surface area contributed by atoms with Crippen LogP contribution < -0.4 is 10.1 Å². The number of nitriles is 1. The summed E-state index contributed by atoms with van der Waals surface area (Å²) >= 11 is 0. The first-order valence-electron chi connectivity index (χ1n) is 8.08. The maximum atomic E-state index is 12.0. The van der Waals surface area contributed by atoms with E-state index in [1.54, 1.807) is 47.4 Å². The Morgan fingerprint density at radius 3 is 2.65 bits per heavy atom. The predicted octanol–water partition coefficient (Wildman–Crippen LogP) is 2.41. The molecule has 0 aliphatic rings. The Kier molecular flexibility index (Phi) is 5.58. The maximum Gasteiger partial charge on any atom is 0.263 e. The molecule has 0 aliphatic carbocycles. The lowest BCUT2D eigenvalue weighted by atomic mass is 10.2. The molecular weight excluding hydrogens is 330 g/mol. The van der Waals surface area contributed by atoms with Crippen molar-refractivity contribution < 1.29 is 9.53 Å². The van der Waals surface area contributed by atoms with Gasteiger partial charge >= 0.3 is 0 Å². The van der Waals surface area contributed by atoms with Gasteiger partial charge in [-0.1, -0.05) is 0 Å². The fraction of sp³-hybridized carbons (Fsp3) is 0.158. The Labute approximate surface area is 150 Å². The van der Waals surface area contributed by atoms with Crippen molar-refractivity contribution in [2.45, 2.75) is 13.0 Å². The van der Waals surface area contributed by atoms with Crippen LogP contribution in [0.1, 0.15) is 11.1 Å². The molecule has 1 amide bonds. The molecule has 7 heteroatoms. The average molecular weight is 347 g/mol. The van der Waals surface area contributed by atoms with E-state index in [1.165, 1.54) is 5.56 Å². The van der Waals surface area contributed by atoms with Gasteiger partial charge in [-0.2, -0.15) is 10.4 Å². The summed E-state index contributed by atoms with van der Waals surface area (Å²) in [5, 5.41) is 15.8. The summed E-state index contributed by atoms with van der Waals surface area (Å²) in [6.07, 6.45) is 6.17. The van der Waals surface area contributed by atoms with Gasteiger partial charge in [-0.05, 0) is 48.4 Å². The van der Waals surface area contributed by atoms with Crippen molar-refractivity contribution in [2.75, 3.05) is 11.9 Å². The molecule has 7 nitrogen and oxygen atoms in total. The highest BCUT2D eigenvalue weighted by Gasteiger charge is 2.06. The Morgan fingerprint density at radius 1 is 1.15 bits per heavy atom. The fourth-order valence-electron chi connectivity index (χ4n) is 2.30. The Hall–Kier alpha value is -3.66. The van der Waals surface area contributed by atoms with Crippen molar-refractivity contribution >= 4 is 11.7 Å². The van der Waals surface area contributed by atoms with E-state index in [9.17, 15) is 4.79 Å². The third-order valence-corrected chi connectivity index (χ3v) is 3.64. The number of nitrogens with one attached hydrogen (secondary N) is 1. The molecule has 0 unspecified atom stereocenters. The fourth-order valence-corrected chi connectivity index (χ4v) is 2.30. The van der Waals surface area contributed by atoms with E-state index in [2.05, 4.69) is 15.4 Å². The van der Waals surface area contributed by atoms with Gasteiger partial charge in [-0.3, -0.25) is 14.5 Å². The number of aryl methyl sites for hydroxylation is 2. The number of nitrogens with zero attached hydrogens (tertiary/aromatic N) is 4. The van der Waals surface area contributed by atoms with Crippen molar-refractivity contribution in [1.82, 2.24) is 14.8 Å². The van der Waals surface area contributed by atoms with Gasteiger partial charge in [0.1, 0.15) is 5.75 Å². The molecule has 1 N–H and O–H groups in total. The van der Waals surface area contributed by atoms with Crippen LogP contribution in [-0.4, -0.2) is 27.3 Å². The summed E-state index contributed by atoms with van der Waals surface area (Å²) in [5.41, 5.74) is 1.72. The lowest BCUT2D eigenvalue weighted by molar-refractivity contribution is -0.118. The summed E-state index contributed by atoms with van der Waals surface area (Å²) in [5.74, 6) is 0.712. The second kappa shape index (κ2) is 8.44. The van der Waals surface area contributed by atoms with Crippen LogP contribution in [0, 0.1) is 11.3 Å². The Morgan fingerprint density at radius 2 is 1.92 bits per heavy atom. The highest BCUT2D eigenvalue weighted by atomic mass is 16.5. The molecule has 130 valence electrons. The second-order valence-electron chi connectivity index (χ2n) is 5.54. The van der Waals surface area contributed by atoms with Crippen LogP contribution in [0.2, 0.25) is 0 Å². The number of carbonyl (C=O) groups excluding carboxylic acids is 1. The standard InChI is InChI=1S/C19H17N5O2/c20-13-16-1-3-17(4-2-16)26-14-19(25)22-18-8-12-24(23-18)11-7-15-5-9-21-10-6-15/h1-6,8-10,12H,7,11,14H2,(H,22,23,25). The zero-order valence-corrected chi connectivity index (χ0v) is 14.0. The number of amides is 1. The minimum Gasteiger partial charge on any atom is -0.484 e. The predicted molar refractivity (Wildman–Crippen MR) is 95.4 cm³/mol. The smallest absolute Gasteiger partial charge is 0.263 e. The number of pyridine rings is 1.